The van der Waals surface area contributed by atoms with Gasteiger partial charge in [0.2, 0.25) is 11.8 Å². The number of benzene rings is 1. The third-order valence-electron chi connectivity index (χ3n) is 4.80. The maximum atomic E-state index is 9.62. The first-order valence-electron chi connectivity index (χ1n) is 8.34. The summed E-state index contributed by atoms with van der Waals surface area (Å²) in [6.45, 7) is 6.25. The minimum Gasteiger partial charge on any atom is -0.422 e. The van der Waals surface area contributed by atoms with Gasteiger partial charge in [0, 0.05) is 11.5 Å². The Hall–Kier alpha value is -2.74. The van der Waals surface area contributed by atoms with Gasteiger partial charge < -0.3 is 10.5 Å². The number of nitrogens with two attached hydrogens (primary N) is 1. The van der Waals surface area contributed by atoms with Gasteiger partial charge in [-0.25, -0.2) is 4.68 Å². The van der Waals surface area contributed by atoms with E-state index in [9.17, 15) is 5.26 Å². The van der Waals surface area contributed by atoms with Gasteiger partial charge in [-0.05, 0) is 25.0 Å². The molecule has 0 saturated heterocycles. The van der Waals surface area contributed by atoms with E-state index < -0.39 is 0 Å². The van der Waals surface area contributed by atoms with Crippen molar-refractivity contribution in [2.24, 2.45) is 11.7 Å². The topological polar surface area (TPSA) is 76.9 Å². The molecule has 0 radical (unpaired) electrons. The highest BCUT2D eigenvalue weighted by molar-refractivity contribution is 5.52. The fraction of sp³-hybridized carbons (Fsp3) is 0.368. The number of nitrogens with zero attached hydrogens (tertiary/aromatic N) is 3. The lowest BCUT2D eigenvalue weighted by Gasteiger charge is -2.29. The van der Waals surface area contributed by atoms with E-state index in [4.69, 9.17) is 10.5 Å². The monoisotopic (exact) mass is 322 g/mol. The molecule has 0 aliphatic carbocycles. The Balaban J connectivity index is 2.22. The summed E-state index contributed by atoms with van der Waals surface area (Å²) in [5.74, 6) is 1.09. The first-order valence-corrected chi connectivity index (χ1v) is 8.34. The lowest BCUT2D eigenvalue weighted by atomic mass is 9.77. The van der Waals surface area contributed by atoms with Gasteiger partial charge in [0.1, 0.15) is 6.07 Å². The van der Waals surface area contributed by atoms with E-state index >= 15 is 0 Å². The summed E-state index contributed by atoms with van der Waals surface area (Å²) < 4.78 is 7.63. The summed E-state index contributed by atoms with van der Waals surface area (Å²) >= 11 is 0. The van der Waals surface area contributed by atoms with Gasteiger partial charge in [-0.2, -0.15) is 10.4 Å². The molecule has 5 nitrogen and oxygen atoms in total. The quantitative estimate of drug-likeness (QED) is 0.929. The second-order valence-corrected chi connectivity index (χ2v) is 6.10. The molecule has 0 unspecified atom stereocenters. The van der Waals surface area contributed by atoms with Crippen molar-refractivity contribution in [2.45, 2.75) is 39.5 Å². The van der Waals surface area contributed by atoms with E-state index in [1.165, 1.54) is 0 Å². The Morgan fingerprint density at radius 2 is 1.96 bits per heavy atom. The van der Waals surface area contributed by atoms with Gasteiger partial charge in [-0.1, -0.05) is 44.9 Å². The number of aryl methyl sites for hydroxylation is 1. The predicted molar refractivity (Wildman–Crippen MR) is 92.6 cm³/mol. The number of fused-ring (bicyclic) bond motifs is 1. The van der Waals surface area contributed by atoms with Crippen LogP contribution in [0.1, 0.15) is 43.9 Å². The van der Waals surface area contributed by atoms with Crippen molar-refractivity contribution in [2.75, 3.05) is 0 Å². The number of hydrogen-bond acceptors (Lipinski definition) is 4. The number of ether oxygens (including phenoxy) is 1. The second kappa shape index (κ2) is 6.40. The number of aromatic nitrogens is 2. The maximum Gasteiger partial charge on any atom is 0.228 e. The third kappa shape index (κ3) is 2.44. The van der Waals surface area contributed by atoms with Crippen LogP contribution in [0.15, 0.2) is 41.8 Å². The van der Waals surface area contributed by atoms with Crippen LogP contribution in [0.3, 0.4) is 0 Å². The SMILES string of the molecule is CCC(CC)[C@H]1C(C#N)=C(N)Oc2c1c(C)nn2-c1ccccc1. The Bertz CT molecular complexity index is 810. The number of para-hydroxylation sites is 1. The number of allylic oxidation sites excluding steroid dienone is 1. The van der Waals surface area contributed by atoms with Gasteiger partial charge in [0.05, 0.1) is 17.0 Å². The molecule has 1 aliphatic heterocycles. The van der Waals surface area contributed by atoms with Crippen molar-refractivity contribution in [3.05, 3.63) is 53.0 Å². The average Bonchev–Trinajstić information content (AvgIpc) is 2.93. The largest absolute Gasteiger partial charge is 0.422 e. The van der Waals surface area contributed by atoms with Crippen LogP contribution >= 0.6 is 0 Å². The predicted octanol–water partition coefficient (Wildman–Crippen LogP) is 3.79. The van der Waals surface area contributed by atoms with Gasteiger partial charge >= 0.3 is 0 Å². The molecule has 0 fully saturated rings. The molecule has 1 aliphatic rings. The molecule has 2 N–H and O–H groups in total. The molecule has 5 heteroatoms. The third-order valence-corrected chi connectivity index (χ3v) is 4.80. The number of hydrogen-bond donors (Lipinski definition) is 1. The first kappa shape index (κ1) is 16.1. The van der Waals surface area contributed by atoms with E-state index in [0.29, 0.717) is 17.4 Å². The molecule has 1 atom stereocenters. The molecule has 3 rings (SSSR count). The molecular weight excluding hydrogens is 300 g/mol. The zero-order chi connectivity index (χ0) is 17.3. The molecule has 124 valence electrons. The summed E-state index contributed by atoms with van der Waals surface area (Å²) in [5, 5.41) is 14.3. The zero-order valence-electron chi connectivity index (χ0n) is 14.3. The average molecular weight is 322 g/mol. The summed E-state index contributed by atoms with van der Waals surface area (Å²) in [5.41, 5.74) is 9.39. The molecule has 2 aromatic rings. The van der Waals surface area contributed by atoms with E-state index in [0.717, 1.165) is 29.8 Å². The van der Waals surface area contributed by atoms with Crippen LogP contribution in [0.4, 0.5) is 0 Å². The maximum absolute atomic E-state index is 9.62. The lowest BCUT2D eigenvalue weighted by molar-refractivity contribution is 0.334. The van der Waals surface area contributed by atoms with Crippen molar-refractivity contribution >= 4 is 0 Å². The van der Waals surface area contributed by atoms with Gasteiger partial charge in [0.25, 0.3) is 0 Å². The van der Waals surface area contributed by atoms with Crippen LogP contribution in [0.5, 0.6) is 5.88 Å². The number of rotatable bonds is 4. The standard InChI is InChI=1S/C19H22N4O/c1-4-13(5-2)17-15(11-20)18(21)24-19-16(17)12(3)22-23(19)14-9-7-6-8-10-14/h6-10,13,17H,4-5,21H2,1-3H3/t17-/m0/s1. The van der Waals surface area contributed by atoms with Gasteiger partial charge in [-0.3, -0.25) is 0 Å². The normalized spacial score (nSPS) is 16.7. The first-order chi connectivity index (χ1) is 11.6. The Labute approximate surface area is 142 Å². The molecule has 1 aromatic carbocycles. The van der Waals surface area contributed by atoms with Crippen LogP contribution < -0.4 is 10.5 Å². The molecule has 0 spiro atoms. The fourth-order valence-corrected chi connectivity index (χ4v) is 3.53. The lowest BCUT2D eigenvalue weighted by Crippen LogP contribution is -2.25. The Kier molecular flexibility index (Phi) is 4.30. The molecular formula is C19H22N4O. The van der Waals surface area contributed by atoms with E-state index in [-0.39, 0.29) is 11.8 Å². The molecule has 1 aromatic heterocycles. The Morgan fingerprint density at radius 3 is 2.54 bits per heavy atom. The molecule has 2 heterocycles. The zero-order valence-corrected chi connectivity index (χ0v) is 14.3. The summed E-state index contributed by atoms with van der Waals surface area (Å²) in [6.07, 6.45) is 1.93. The second-order valence-electron chi connectivity index (χ2n) is 6.10. The Morgan fingerprint density at radius 1 is 1.29 bits per heavy atom. The van der Waals surface area contributed by atoms with Crippen molar-refractivity contribution in [1.82, 2.24) is 9.78 Å². The van der Waals surface area contributed by atoms with Gasteiger partial charge in [-0.15, -0.1) is 0 Å². The summed E-state index contributed by atoms with van der Waals surface area (Å²) in [6, 6.07) is 12.1. The van der Waals surface area contributed by atoms with E-state index in [1.807, 2.05) is 37.3 Å². The van der Waals surface area contributed by atoms with Crippen LogP contribution in [0, 0.1) is 24.2 Å². The molecule has 0 amide bonds. The minimum absolute atomic E-state index is 0.0637. The minimum atomic E-state index is -0.0637. The highest BCUT2D eigenvalue weighted by Crippen LogP contribution is 2.46. The van der Waals surface area contributed by atoms with Crippen LogP contribution in [-0.4, -0.2) is 9.78 Å². The van der Waals surface area contributed by atoms with Crippen molar-refractivity contribution in [3.8, 4) is 17.6 Å². The fourth-order valence-electron chi connectivity index (χ4n) is 3.53. The van der Waals surface area contributed by atoms with Crippen molar-refractivity contribution in [1.29, 1.82) is 5.26 Å². The highest BCUT2D eigenvalue weighted by Gasteiger charge is 2.38. The van der Waals surface area contributed by atoms with Crippen LogP contribution in [0.2, 0.25) is 0 Å². The molecule has 24 heavy (non-hydrogen) atoms. The molecule has 0 bridgehead atoms. The van der Waals surface area contributed by atoms with Crippen LogP contribution in [0.25, 0.3) is 5.69 Å². The van der Waals surface area contributed by atoms with Crippen molar-refractivity contribution < 1.29 is 4.74 Å². The van der Waals surface area contributed by atoms with E-state index in [1.54, 1.807) is 4.68 Å². The van der Waals surface area contributed by atoms with Crippen LogP contribution in [-0.2, 0) is 0 Å². The highest BCUT2D eigenvalue weighted by atomic mass is 16.5. The van der Waals surface area contributed by atoms with Gasteiger partial charge in [0.15, 0.2) is 0 Å². The molecule has 0 saturated carbocycles. The van der Waals surface area contributed by atoms with E-state index in [2.05, 4.69) is 25.0 Å². The summed E-state index contributed by atoms with van der Waals surface area (Å²) in [4.78, 5) is 0. The summed E-state index contributed by atoms with van der Waals surface area (Å²) in [7, 11) is 0. The number of nitriles is 1. The van der Waals surface area contributed by atoms with Crippen molar-refractivity contribution in [3.63, 3.8) is 0 Å². The smallest absolute Gasteiger partial charge is 0.228 e.